The van der Waals surface area contributed by atoms with Crippen LogP contribution in [0.1, 0.15) is 32.6 Å². The lowest BCUT2D eigenvalue weighted by molar-refractivity contribution is 0.0698. The molecule has 1 amide bonds. The number of anilines is 1. The summed E-state index contributed by atoms with van der Waals surface area (Å²) >= 11 is 4.50. The number of pyridine rings is 1. The van der Waals surface area contributed by atoms with E-state index in [0.29, 0.717) is 5.00 Å². The van der Waals surface area contributed by atoms with Crippen LogP contribution >= 0.6 is 27.3 Å². The van der Waals surface area contributed by atoms with Crippen molar-refractivity contribution in [1.29, 1.82) is 0 Å². The highest BCUT2D eigenvalue weighted by Gasteiger charge is 2.17. The van der Waals surface area contributed by atoms with Gasteiger partial charge in [0, 0.05) is 15.5 Å². The first-order valence-electron chi connectivity index (χ1n) is 5.80. The largest absolute Gasteiger partial charge is 0.478 e. The molecule has 104 valence electrons. The van der Waals surface area contributed by atoms with Gasteiger partial charge in [0.05, 0.1) is 5.56 Å². The maximum atomic E-state index is 12.0. The van der Waals surface area contributed by atoms with Gasteiger partial charge in [0.1, 0.15) is 10.7 Å². The maximum Gasteiger partial charge on any atom is 0.338 e. The predicted molar refractivity (Wildman–Crippen MR) is 80.5 cm³/mol. The number of carbonyl (C=O) groups excluding carboxylic acids is 1. The zero-order chi connectivity index (χ0) is 14.7. The first-order valence-corrected chi connectivity index (χ1v) is 7.41. The molecule has 20 heavy (non-hydrogen) atoms. The number of thiophene rings is 1. The molecule has 0 aliphatic rings. The van der Waals surface area contributed by atoms with Gasteiger partial charge in [-0.1, -0.05) is 6.92 Å². The quantitative estimate of drug-likeness (QED) is 0.881. The molecule has 0 aliphatic carbocycles. The van der Waals surface area contributed by atoms with Gasteiger partial charge in [0.2, 0.25) is 0 Å². The number of carboxylic acid groups (broad SMARTS) is 1. The third-order valence-electron chi connectivity index (χ3n) is 2.55. The minimum Gasteiger partial charge on any atom is -0.478 e. The number of aromatic carboxylic acids is 1. The summed E-state index contributed by atoms with van der Waals surface area (Å²) in [5.41, 5.74) is 0.341. The van der Waals surface area contributed by atoms with Crippen LogP contribution in [0.25, 0.3) is 0 Å². The Morgan fingerprint density at radius 3 is 2.75 bits per heavy atom. The van der Waals surface area contributed by atoms with Gasteiger partial charge < -0.3 is 10.4 Å². The molecule has 0 saturated carbocycles. The highest BCUT2D eigenvalue weighted by Crippen LogP contribution is 2.29. The van der Waals surface area contributed by atoms with Crippen molar-refractivity contribution in [2.24, 2.45) is 0 Å². The van der Waals surface area contributed by atoms with Crippen molar-refractivity contribution in [3.63, 3.8) is 0 Å². The van der Waals surface area contributed by atoms with Crippen molar-refractivity contribution < 1.29 is 14.7 Å². The SMILES string of the molecule is CCc1cc(C(=O)O)c(NC(=O)c2ccc(Br)cn2)s1. The average molecular weight is 355 g/mol. The Balaban J connectivity index is 2.25. The summed E-state index contributed by atoms with van der Waals surface area (Å²) in [4.78, 5) is 28.0. The number of hydrogen-bond donors (Lipinski definition) is 2. The van der Waals surface area contributed by atoms with Crippen LogP contribution in [0.3, 0.4) is 0 Å². The number of nitrogens with one attached hydrogen (secondary N) is 1. The molecular weight excluding hydrogens is 344 g/mol. The number of rotatable bonds is 4. The Kier molecular flexibility index (Phi) is 4.51. The molecule has 0 fully saturated rings. The molecule has 2 N–H and O–H groups in total. The van der Waals surface area contributed by atoms with Crippen molar-refractivity contribution in [2.45, 2.75) is 13.3 Å². The van der Waals surface area contributed by atoms with Crippen molar-refractivity contribution in [3.8, 4) is 0 Å². The topological polar surface area (TPSA) is 79.3 Å². The Morgan fingerprint density at radius 2 is 2.20 bits per heavy atom. The van der Waals surface area contributed by atoms with Gasteiger partial charge in [-0.15, -0.1) is 11.3 Å². The Morgan fingerprint density at radius 1 is 1.45 bits per heavy atom. The third kappa shape index (κ3) is 3.23. The molecule has 2 aromatic heterocycles. The van der Waals surface area contributed by atoms with Crippen LogP contribution in [0.5, 0.6) is 0 Å². The van der Waals surface area contributed by atoms with E-state index in [-0.39, 0.29) is 11.3 Å². The van der Waals surface area contributed by atoms with Crippen molar-refractivity contribution in [1.82, 2.24) is 4.98 Å². The first-order chi connectivity index (χ1) is 9.51. The number of hydrogen-bond acceptors (Lipinski definition) is 4. The smallest absolute Gasteiger partial charge is 0.338 e. The Bertz CT molecular complexity index is 652. The Hall–Kier alpha value is -1.73. The summed E-state index contributed by atoms with van der Waals surface area (Å²) in [6.07, 6.45) is 2.23. The van der Waals surface area contributed by atoms with Crippen LogP contribution in [0, 0.1) is 0 Å². The molecule has 0 unspecified atom stereocenters. The van der Waals surface area contributed by atoms with Gasteiger partial charge in [-0.05, 0) is 40.5 Å². The molecule has 0 radical (unpaired) electrons. The minimum absolute atomic E-state index is 0.109. The second-order valence-corrected chi connectivity index (χ2v) is 5.98. The predicted octanol–water partition coefficient (Wildman–Crippen LogP) is 3.42. The number of carbonyl (C=O) groups is 2. The highest BCUT2D eigenvalue weighted by atomic mass is 79.9. The van der Waals surface area contributed by atoms with E-state index >= 15 is 0 Å². The molecule has 0 bridgehead atoms. The van der Waals surface area contributed by atoms with E-state index in [4.69, 9.17) is 5.11 Å². The first kappa shape index (κ1) is 14.7. The fourth-order valence-electron chi connectivity index (χ4n) is 1.55. The van der Waals surface area contributed by atoms with Gasteiger partial charge >= 0.3 is 5.97 Å². The Labute approximate surface area is 127 Å². The third-order valence-corrected chi connectivity index (χ3v) is 4.21. The van der Waals surface area contributed by atoms with Crippen LogP contribution in [0.2, 0.25) is 0 Å². The van der Waals surface area contributed by atoms with Crippen LogP contribution in [0.4, 0.5) is 5.00 Å². The normalized spacial score (nSPS) is 10.3. The fraction of sp³-hybridized carbons (Fsp3) is 0.154. The molecule has 7 heteroatoms. The summed E-state index contributed by atoms with van der Waals surface area (Å²) < 4.78 is 0.768. The van der Waals surface area contributed by atoms with E-state index in [1.807, 2.05) is 6.92 Å². The van der Waals surface area contributed by atoms with E-state index in [1.54, 1.807) is 18.2 Å². The lowest BCUT2D eigenvalue weighted by Crippen LogP contribution is -2.14. The molecule has 0 saturated heterocycles. The maximum absolute atomic E-state index is 12.0. The van der Waals surface area contributed by atoms with Crippen molar-refractivity contribution >= 4 is 44.1 Å². The van der Waals surface area contributed by atoms with Crippen LogP contribution < -0.4 is 5.32 Å². The number of nitrogens with zero attached hydrogens (tertiary/aromatic N) is 1. The number of carboxylic acids is 1. The van der Waals surface area contributed by atoms with Gasteiger partial charge in [0.25, 0.3) is 5.91 Å². The second-order valence-electron chi connectivity index (χ2n) is 3.93. The summed E-state index contributed by atoms with van der Waals surface area (Å²) in [7, 11) is 0. The van der Waals surface area contributed by atoms with Crippen LogP contribution in [0.15, 0.2) is 28.9 Å². The van der Waals surface area contributed by atoms with Gasteiger partial charge in [-0.3, -0.25) is 4.79 Å². The van der Waals surface area contributed by atoms with Crippen molar-refractivity contribution in [3.05, 3.63) is 45.0 Å². The van der Waals surface area contributed by atoms with E-state index in [2.05, 4.69) is 26.2 Å². The fourth-order valence-corrected chi connectivity index (χ4v) is 2.76. The molecule has 0 atom stereocenters. The highest BCUT2D eigenvalue weighted by molar-refractivity contribution is 9.10. The van der Waals surface area contributed by atoms with Crippen LogP contribution in [-0.2, 0) is 6.42 Å². The summed E-state index contributed by atoms with van der Waals surface area (Å²) in [5, 5.41) is 12.1. The minimum atomic E-state index is -1.06. The number of amides is 1. The molecule has 0 spiro atoms. The van der Waals surface area contributed by atoms with E-state index < -0.39 is 11.9 Å². The average Bonchev–Trinajstić information content (AvgIpc) is 2.82. The molecule has 0 aromatic carbocycles. The second kappa shape index (κ2) is 6.15. The van der Waals surface area contributed by atoms with Gasteiger partial charge in [0.15, 0.2) is 0 Å². The summed E-state index contributed by atoms with van der Waals surface area (Å²) in [6.45, 7) is 1.93. The molecular formula is C13H11BrN2O3S. The standard InChI is InChI=1S/C13H11BrN2O3S/c1-2-8-5-9(13(18)19)12(20-8)16-11(17)10-4-3-7(14)6-15-10/h3-6H,2H2,1H3,(H,16,17)(H,18,19). The van der Waals surface area contributed by atoms with E-state index in [9.17, 15) is 9.59 Å². The number of halogens is 1. The zero-order valence-corrected chi connectivity index (χ0v) is 12.9. The molecule has 2 aromatic rings. The molecule has 0 aliphatic heterocycles. The monoisotopic (exact) mass is 354 g/mol. The van der Waals surface area contributed by atoms with Gasteiger partial charge in [-0.25, -0.2) is 9.78 Å². The summed E-state index contributed by atoms with van der Waals surface area (Å²) in [5.74, 6) is -1.48. The van der Waals surface area contributed by atoms with E-state index in [1.165, 1.54) is 17.5 Å². The number of aromatic nitrogens is 1. The van der Waals surface area contributed by atoms with Crippen LogP contribution in [-0.4, -0.2) is 22.0 Å². The number of aryl methyl sites for hydroxylation is 1. The van der Waals surface area contributed by atoms with E-state index in [0.717, 1.165) is 15.8 Å². The van der Waals surface area contributed by atoms with Gasteiger partial charge in [-0.2, -0.15) is 0 Å². The van der Waals surface area contributed by atoms with Crippen molar-refractivity contribution in [2.75, 3.05) is 5.32 Å². The summed E-state index contributed by atoms with van der Waals surface area (Å²) in [6, 6.07) is 4.84. The molecule has 5 nitrogen and oxygen atoms in total. The lowest BCUT2D eigenvalue weighted by atomic mass is 10.2. The molecule has 2 heterocycles. The lowest BCUT2D eigenvalue weighted by Gasteiger charge is -2.03. The molecule has 2 rings (SSSR count). The zero-order valence-electron chi connectivity index (χ0n) is 10.5.